The largest absolute Gasteiger partial charge is 0.478 e. The van der Waals surface area contributed by atoms with Gasteiger partial charge in [0.25, 0.3) is 0 Å². The lowest BCUT2D eigenvalue weighted by molar-refractivity contribution is 0.0229. The summed E-state index contributed by atoms with van der Waals surface area (Å²) in [6.07, 6.45) is 4.74. The van der Waals surface area contributed by atoms with E-state index < -0.39 is 12.1 Å². The minimum Gasteiger partial charge on any atom is -0.478 e. The molecule has 2 aliphatic rings. The Morgan fingerprint density at radius 1 is 1.16 bits per heavy atom. The van der Waals surface area contributed by atoms with Crippen LogP contribution in [0.4, 0.5) is 4.39 Å². The first-order valence-electron chi connectivity index (χ1n) is 11.7. The maximum absolute atomic E-state index is 13.5. The zero-order valence-corrected chi connectivity index (χ0v) is 18.8. The molecular formula is C27H31FN2O2. The van der Waals surface area contributed by atoms with Gasteiger partial charge in [-0.1, -0.05) is 18.2 Å². The normalized spacial score (nSPS) is 26.2. The number of aromatic nitrogens is 1. The average Bonchev–Trinajstić information content (AvgIpc) is 3.25. The molecule has 1 aliphatic heterocycles. The Kier molecular flexibility index (Phi) is 5.54. The monoisotopic (exact) mass is 434 g/mol. The third-order valence-corrected chi connectivity index (χ3v) is 7.79. The fourth-order valence-corrected chi connectivity index (χ4v) is 5.85. The Hall–Kier alpha value is -2.66. The topological polar surface area (TPSA) is 56.3 Å². The van der Waals surface area contributed by atoms with Gasteiger partial charge in [0, 0.05) is 29.7 Å². The molecule has 5 rings (SSSR count). The van der Waals surface area contributed by atoms with Crippen LogP contribution in [-0.2, 0) is 6.42 Å². The van der Waals surface area contributed by atoms with E-state index in [1.807, 2.05) is 18.3 Å². The van der Waals surface area contributed by atoms with Gasteiger partial charge in [-0.15, -0.1) is 0 Å². The molecule has 32 heavy (non-hydrogen) atoms. The van der Waals surface area contributed by atoms with Gasteiger partial charge in [-0.2, -0.15) is 0 Å². The van der Waals surface area contributed by atoms with Crippen molar-refractivity contribution in [3.05, 3.63) is 70.4 Å². The summed E-state index contributed by atoms with van der Waals surface area (Å²) in [4.78, 5) is 17.2. The van der Waals surface area contributed by atoms with Crippen LogP contribution in [0.3, 0.4) is 0 Å². The van der Waals surface area contributed by atoms with Crippen LogP contribution >= 0.6 is 0 Å². The second-order valence-corrected chi connectivity index (χ2v) is 9.76. The van der Waals surface area contributed by atoms with E-state index in [2.05, 4.69) is 35.9 Å². The van der Waals surface area contributed by atoms with Crippen LogP contribution in [0.25, 0.3) is 10.9 Å². The first-order chi connectivity index (χ1) is 15.4. The lowest BCUT2D eigenvalue weighted by Gasteiger charge is -2.46. The highest BCUT2D eigenvalue weighted by atomic mass is 19.1. The molecule has 0 amide bonds. The van der Waals surface area contributed by atoms with Crippen LogP contribution in [0.15, 0.2) is 42.6 Å². The van der Waals surface area contributed by atoms with Crippen molar-refractivity contribution in [2.45, 2.75) is 57.7 Å². The van der Waals surface area contributed by atoms with Crippen LogP contribution in [0, 0.1) is 19.8 Å². The van der Waals surface area contributed by atoms with Gasteiger partial charge in [0.15, 0.2) is 0 Å². The first-order valence-corrected chi connectivity index (χ1v) is 11.7. The van der Waals surface area contributed by atoms with Crippen molar-refractivity contribution in [1.29, 1.82) is 0 Å². The molecule has 1 aliphatic carbocycles. The lowest BCUT2D eigenvalue weighted by atomic mass is 9.75. The number of aromatic amines is 1. The molecule has 2 aromatic carbocycles. The van der Waals surface area contributed by atoms with Crippen molar-refractivity contribution in [1.82, 2.24) is 9.88 Å². The fourth-order valence-electron chi connectivity index (χ4n) is 5.85. The number of alkyl halides is 1. The quantitative estimate of drug-likeness (QED) is 0.547. The predicted octanol–water partition coefficient (Wildman–Crippen LogP) is 5.63. The molecule has 168 valence electrons. The number of piperidine rings is 1. The minimum absolute atomic E-state index is 0.306. The summed E-state index contributed by atoms with van der Waals surface area (Å²) >= 11 is 0. The van der Waals surface area contributed by atoms with Crippen molar-refractivity contribution in [2.75, 3.05) is 13.1 Å². The van der Waals surface area contributed by atoms with Crippen molar-refractivity contribution in [2.24, 2.45) is 5.92 Å². The summed E-state index contributed by atoms with van der Waals surface area (Å²) in [6.45, 7) is 6.27. The Labute approximate surface area is 188 Å². The Bertz CT molecular complexity index is 1130. The van der Waals surface area contributed by atoms with E-state index in [-0.39, 0.29) is 0 Å². The number of carboxylic acid groups (broad SMARTS) is 1. The molecular weight excluding hydrogens is 403 g/mol. The highest BCUT2D eigenvalue weighted by Crippen LogP contribution is 2.40. The average molecular weight is 435 g/mol. The number of H-pyrrole nitrogens is 1. The van der Waals surface area contributed by atoms with E-state index in [1.54, 1.807) is 12.1 Å². The number of nitrogens with zero attached hydrogens (tertiary/aromatic N) is 1. The van der Waals surface area contributed by atoms with E-state index in [1.165, 1.54) is 33.2 Å². The minimum atomic E-state index is -0.896. The number of aryl methyl sites for hydroxylation is 2. The highest BCUT2D eigenvalue weighted by Gasteiger charge is 2.39. The Morgan fingerprint density at radius 2 is 1.91 bits per heavy atom. The lowest BCUT2D eigenvalue weighted by Crippen LogP contribution is -2.51. The number of benzene rings is 2. The molecule has 2 fully saturated rings. The van der Waals surface area contributed by atoms with Crippen LogP contribution in [0.1, 0.15) is 57.8 Å². The first kappa shape index (κ1) is 21.2. The van der Waals surface area contributed by atoms with Crippen molar-refractivity contribution < 1.29 is 14.3 Å². The molecule has 0 radical (unpaired) electrons. The van der Waals surface area contributed by atoms with Gasteiger partial charge in [-0.3, -0.25) is 4.90 Å². The van der Waals surface area contributed by atoms with Crippen LogP contribution < -0.4 is 0 Å². The zero-order chi connectivity index (χ0) is 22.4. The molecule has 2 heterocycles. The van der Waals surface area contributed by atoms with Crippen LogP contribution in [-0.4, -0.2) is 46.3 Å². The number of fused-ring (bicyclic) bond motifs is 1. The molecule has 0 spiro atoms. The molecule has 0 bridgehead atoms. The molecule has 0 unspecified atom stereocenters. The molecule has 5 heteroatoms. The summed E-state index contributed by atoms with van der Waals surface area (Å²) in [5, 5.41) is 10.6. The maximum atomic E-state index is 13.5. The van der Waals surface area contributed by atoms with Gasteiger partial charge in [-0.05, 0) is 98.4 Å². The van der Waals surface area contributed by atoms with E-state index in [0.717, 1.165) is 25.9 Å². The van der Waals surface area contributed by atoms with Gasteiger partial charge in [-0.25, -0.2) is 9.18 Å². The number of halogens is 1. The second kappa shape index (κ2) is 8.36. The summed E-state index contributed by atoms with van der Waals surface area (Å²) in [6, 6.07) is 12.2. The fraction of sp³-hybridized carbons (Fsp3) is 0.444. The smallest absolute Gasteiger partial charge is 0.335 e. The van der Waals surface area contributed by atoms with Gasteiger partial charge < -0.3 is 10.1 Å². The molecule has 2 atom stereocenters. The third kappa shape index (κ3) is 3.83. The van der Waals surface area contributed by atoms with Crippen molar-refractivity contribution in [3.8, 4) is 0 Å². The van der Waals surface area contributed by atoms with E-state index in [4.69, 9.17) is 0 Å². The van der Waals surface area contributed by atoms with Crippen LogP contribution in [0.5, 0.6) is 0 Å². The predicted molar refractivity (Wildman–Crippen MR) is 125 cm³/mol. The number of carboxylic acids is 1. The Morgan fingerprint density at radius 3 is 2.59 bits per heavy atom. The molecule has 1 saturated heterocycles. The van der Waals surface area contributed by atoms with Gasteiger partial charge in [0.05, 0.1) is 5.56 Å². The maximum Gasteiger partial charge on any atom is 0.335 e. The Balaban J connectivity index is 1.46. The zero-order valence-electron chi connectivity index (χ0n) is 18.8. The standard InChI is InChI=1S/C27H31FN2O2/c1-16-11-17(2)26-23(7-9-29-26)24(16)12-20-8-10-30(22-13-21(28)14-22)15-25(20)18-3-5-19(6-4-18)27(31)32/h3-7,9,11,20-22,25,29H,8,10,12-15H2,1-2H3,(H,31,32)/t20-,21-,22-,25-/m0/s1. The molecule has 1 saturated carbocycles. The number of hydrogen-bond acceptors (Lipinski definition) is 2. The summed E-state index contributed by atoms with van der Waals surface area (Å²) in [5.41, 5.74) is 6.74. The molecule has 4 nitrogen and oxygen atoms in total. The summed E-state index contributed by atoms with van der Waals surface area (Å²) < 4.78 is 13.5. The van der Waals surface area contributed by atoms with Crippen molar-refractivity contribution >= 4 is 16.9 Å². The molecule has 1 aromatic heterocycles. The SMILES string of the molecule is Cc1cc(C)c2[nH]ccc2c1C[C@@H]1CCN([C@H]2C[C@H](F)C2)C[C@H]1c1ccc(C(=O)O)cc1. The summed E-state index contributed by atoms with van der Waals surface area (Å²) in [5.74, 6) is -0.130. The van der Waals surface area contributed by atoms with E-state index in [9.17, 15) is 14.3 Å². The number of rotatable bonds is 5. The van der Waals surface area contributed by atoms with Gasteiger partial charge >= 0.3 is 5.97 Å². The molecule has 2 N–H and O–H groups in total. The van der Waals surface area contributed by atoms with Crippen LogP contribution in [0.2, 0.25) is 0 Å². The number of hydrogen-bond donors (Lipinski definition) is 2. The number of aromatic carboxylic acids is 1. The summed E-state index contributed by atoms with van der Waals surface area (Å²) in [7, 11) is 0. The van der Waals surface area contributed by atoms with Crippen molar-refractivity contribution in [3.63, 3.8) is 0 Å². The highest BCUT2D eigenvalue weighted by molar-refractivity contribution is 5.88. The molecule has 3 aromatic rings. The number of carbonyl (C=O) groups is 1. The van der Waals surface area contributed by atoms with E-state index in [0.29, 0.717) is 36.3 Å². The van der Waals surface area contributed by atoms with Gasteiger partial charge in [0.2, 0.25) is 0 Å². The second-order valence-electron chi connectivity index (χ2n) is 9.76. The number of nitrogens with one attached hydrogen (secondary N) is 1. The van der Waals surface area contributed by atoms with Gasteiger partial charge in [0.1, 0.15) is 6.17 Å². The van der Waals surface area contributed by atoms with E-state index >= 15 is 0 Å². The third-order valence-electron chi connectivity index (χ3n) is 7.79. The number of likely N-dealkylation sites (tertiary alicyclic amines) is 1.